The number of aromatic nitrogens is 2. The summed E-state index contributed by atoms with van der Waals surface area (Å²) in [6.45, 7) is -0.310. The summed E-state index contributed by atoms with van der Waals surface area (Å²) < 4.78 is 5.97. The van der Waals surface area contributed by atoms with Crippen LogP contribution in [-0.2, 0) is 11.3 Å². The molecule has 118 valence electrons. The Morgan fingerprint density at radius 1 is 1.26 bits per heavy atom. The van der Waals surface area contributed by atoms with Crippen molar-refractivity contribution in [1.29, 1.82) is 0 Å². The van der Waals surface area contributed by atoms with E-state index in [0.717, 1.165) is 4.68 Å². The zero-order valence-electron chi connectivity index (χ0n) is 11.5. The Bertz CT molecular complexity index is 882. The van der Waals surface area contributed by atoms with Gasteiger partial charge in [-0.25, -0.2) is 4.79 Å². The number of amides is 1. The van der Waals surface area contributed by atoms with Crippen LogP contribution in [0.15, 0.2) is 44.9 Å². The molecule has 0 aliphatic rings. The molecule has 3 aromatic rings. The summed E-state index contributed by atoms with van der Waals surface area (Å²) in [5, 5.41) is 9.00. The molecule has 1 aromatic carbocycles. The summed E-state index contributed by atoms with van der Waals surface area (Å²) >= 11 is 13.3. The molecule has 1 N–H and O–H groups in total. The molecule has 0 aliphatic carbocycles. The van der Waals surface area contributed by atoms with E-state index in [-0.39, 0.29) is 18.1 Å². The first-order chi connectivity index (χ1) is 11.0. The minimum Gasteiger partial charge on any atom is -0.387 e. The average Bonchev–Trinajstić information content (AvgIpc) is 3.14. The topological polar surface area (TPSA) is 77.1 Å². The number of hydrogen-bond donors (Lipinski definition) is 1. The van der Waals surface area contributed by atoms with Gasteiger partial charge in [0.05, 0.1) is 20.6 Å². The molecule has 1 amide bonds. The average molecular weight is 370 g/mol. The summed E-state index contributed by atoms with van der Waals surface area (Å²) in [4.78, 5) is 24.5. The number of para-hydroxylation sites is 1. The third-order valence-corrected chi connectivity index (χ3v) is 4.35. The van der Waals surface area contributed by atoms with E-state index in [9.17, 15) is 9.59 Å². The number of rotatable bonds is 4. The predicted octanol–water partition coefficient (Wildman–Crippen LogP) is 3.51. The van der Waals surface area contributed by atoms with Gasteiger partial charge in [-0.2, -0.15) is 4.68 Å². The van der Waals surface area contributed by atoms with E-state index in [4.69, 9.17) is 27.6 Å². The molecule has 0 aliphatic heterocycles. The van der Waals surface area contributed by atoms with Gasteiger partial charge in [-0.3, -0.25) is 4.79 Å². The Morgan fingerprint density at radius 2 is 2.00 bits per heavy atom. The molecule has 0 spiro atoms. The van der Waals surface area contributed by atoms with E-state index in [2.05, 4.69) is 10.4 Å². The number of benzene rings is 1. The van der Waals surface area contributed by atoms with Gasteiger partial charge in [-0.1, -0.05) is 35.3 Å². The fourth-order valence-electron chi connectivity index (χ4n) is 1.84. The van der Waals surface area contributed by atoms with Crippen molar-refractivity contribution >= 4 is 46.1 Å². The molecular weight excluding hydrogens is 361 g/mol. The molecule has 0 unspecified atom stereocenters. The first kappa shape index (κ1) is 15.8. The minimum atomic E-state index is -0.714. The Morgan fingerprint density at radius 3 is 2.65 bits per heavy atom. The standard InChI is InChI=1S/C14H9Cl2N3O3S/c15-8-3-1-4-9(16)12(8)17-11(20)7-19-14(21)22-13(18-19)10-5-2-6-23-10/h1-6H,7H2,(H,17,20). The van der Waals surface area contributed by atoms with Crippen molar-refractivity contribution < 1.29 is 9.21 Å². The largest absolute Gasteiger partial charge is 0.437 e. The summed E-state index contributed by atoms with van der Waals surface area (Å²) in [6, 6.07) is 8.44. The van der Waals surface area contributed by atoms with E-state index in [1.54, 1.807) is 24.3 Å². The lowest BCUT2D eigenvalue weighted by molar-refractivity contribution is -0.117. The van der Waals surface area contributed by atoms with Crippen LogP contribution in [0.2, 0.25) is 10.0 Å². The number of hydrogen-bond acceptors (Lipinski definition) is 5. The van der Waals surface area contributed by atoms with Crippen LogP contribution in [-0.4, -0.2) is 15.7 Å². The third kappa shape index (κ3) is 3.47. The maximum absolute atomic E-state index is 12.1. The number of nitrogens with one attached hydrogen (secondary N) is 1. The highest BCUT2D eigenvalue weighted by molar-refractivity contribution is 7.13. The molecule has 0 saturated carbocycles. The van der Waals surface area contributed by atoms with Crippen molar-refractivity contribution in [2.75, 3.05) is 5.32 Å². The van der Waals surface area contributed by atoms with Crippen LogP contribution in [0.3, 0.4) is 0 Å². The quantitative estimate of drug-likeness (QED) is 0.763. The number of carbonyl (C=O) groups is 1. The normalized spacial score (nSPS) is 10.7. The van der Waals surface area contributed by atoms with Gasteiger partial charge in [0.2, 0.25) is 5.91 Å². The molecule has 2 heterocycles. The van der Waals surface area contributed by atoms with Crippen LogP contribution in [0, 0.1) is 0 Å². The summed E-state index contributed by atoms with van der Waals surface area (Å²) in [6.07, 6.45) is 0. The molecule has 0 fully saturated rings. The second-order valence-corrected chi connectivity index (χ2v) is 6.22. The van der Waals surface area contributed by atoms with Gasteiger partial charge in [-0.15, -0.1) is 16.4 Å². The van der Waals surface area contributed by atoms with E-state index in [1.165, 1.54) is 11.3 Å². The highest BCUT2D eigenvalue weighted by atomic mass is 35.5. The molecule has 0 bridgehead atoms. The minimum absolute atomic E-state index is 0.175. The van der Waals surface area contributed by atoms with Gasteiger partial charge >= 0.3 is 5.76 Å². The van der Waals surface area contributed by atoms with E-state index < -0.39 is 11.7 Å². The molecule has 0 saturated heterocycles. The molecule has 6 nitrogen and oxygen atoms in total. The number of halogens is 2. The maximum Gasteiger partial charge on any atom is 0.437 e. The van der Waals surface area contributed by atoms with Gasteiger partial charge < -0.3 is 9.73 Å². The Labute approximate surface area is 144 Å². The van der Waals surface area contributed by atoms with Crippen molar-refractivity contribution in [3.05, 3.63) is 56.3 Å². The SMILES string of the molecule is O=C(Cn1nc(-c2cccs2)oc1=O)Nc1c(Cl)cccc1Cl. The second kappa shape index (κ2) is 6.57. The Hall–Kier alpha value is -2.09. The Kier molecular flexibility index (Phi) is 4.51. The lowest BCUT2D eigenvalue weighted by Crippen LogP contribution is -2.26. The van der Waals surface area contributed by atoms with Crippen LogP contribution < -0.4 is 11.1 Å². The monoisotopic (exact) mass is 369 g/mol. The zero-order valence-corrected chi connectivity index (χ0v) is 13.8. The summed E-state index contributed by atoms with van der Waals surface area (Å²) in [5.41, 5.74) is 0.288. The van der Waals surface area contributed by atoms with Crippen LogP contribution in [0.5, 0.6) is 0 Å². The van der Waals surface area contributed by atoms with Gasteiger partial charge in [0.1, 0.15) is 6.54 Å². The van der Waals surface area contributed by atoms with Crippen LogP contribution in [0.1, 0.15) is 0 Å². The van der Waals surface area contributed by atoms with Crippen molar-refractivity contribution in [3.8, 4) is 10.8 Å². The number of nitrogens with zero attached hydrogens (tertiary/aromatic N) is 2. The molecule has 2 aromatic heterocycles. The van der Waals surface area contributed by atoms with E-state index in [1.807, 2.05) is 11.4 Å². The first-order valence-electron chi connectivity index (χ1n) is 6.40. The van der Waals surface area contributed by atoms with Gasteiger partial charge in [0.15, 0.2) is 0 Å². The van der Waals surface area contributed by atoms with Crippen molar-refractivity contribution in [1.82, 2.24) is 9.78 Å². The second-order valence-electron chi connectivity index (χ2n) is 4.45. The predicted molar refractivity (Wildman–Crippen MR) is 89.2 cm³/mol. The van der Waals surface area contributed by atoms with Gasteiger partial charge in [0.25, 0.3) is 5.89 Å². The number of thiophene rings is 1. The highest BCUT2D eigenvalue weighted by Crippen LogP contribution is 2.29. The Balaban J connectivity index is 1.77. The smallest absolute Gasteiger partial charge is 0.387 e. The molecule has 3 rings (SSSR count). The summed E-state index contributed by atoms with van der Waals surface area (Å²) in [7, 11) is 0. The van der Waals surface area contributed by atoms with Crippen LogP contribution in [0.4, 0.5) is 5.69 Å². The van der Waals surface area contributed by atoms with Crippen LogP contribution >= 0.6 is 34.5 Å². The molecule has 23 heavy (non-hydrogen) atoms. The number of anilines is 1. The van der Waals surface area contributed by atoms with Gasteiger partial charge in [-0.05, 0) is 23.6 Å². The zero-order chi connectivity index (χ0) is 16.4. The van der Waals surface area contributed by atoms with E-state index >= 15 is 0 Å². The molecule has 9 heteroatoms. The van der Waals surface area contributed by atoms with Crippen molar-refractivity contribution in [2.45, 2.75) is 6.54 Å². The molecule has 0 radical (unpaired) electrons. The van der Waals surface area contributed by atoms with Crippen molar-refractivity contribution in [2.24, 2.45) is 0 Å². The maximum atomic E-state index is 12.1. The lowest BCUT2D eigenvalue weighted by Gasteiger charge is -2.08. The lowest BCUT2D eigenvalue weighted by atomic mass is 10.3. The fourth-order valence-corrected chi connectivity index (χ4v) is 2.97. The third-order valence-electron chi connectivity index (χ3n) is 2.86. The molecule has 0 atom stereocenters. The number of carbonyl (C=O) groups excluding carboxylic acids is 1. The molecular formula is C14H9Cl2N3O3S. The van der Waals surface area contributed by atoms with Gasteiger partial charge in [0, 0.05) is 0 Å². The fraction of sp³-hybridized carbons (Fsp3) is 0.0714. The summed E-state index contributed by atoms with van der Waals surface area (Å²) in [5.74, 6) is -1.03. The first-order valence-corrected chi connectivity index (χ1v) is 8.04. The highest BCUT2D eigenvalue weighted by Gasteiger charge is 2.15. The van der Waals surface area contributed by atoms with Crippen LogP contribution in [0.25, 0.3) is 10.8 Å². The van der Waals surface area contributed by atoms with Crippen molar-refractivity contribution in [3.63, 3.8) is 0 Å². The van der Waals surface area contributed by atoms with E-state index in [0.29, 0.717) is 14.9 Å².